The molecule has 7 rings (SSSR count). The lowest BCUT2D eigenvalue weighted by Crippen LogP contribution is -2.03. The molecule has 1 aliphatic heterocycles. The van der Waals surface area contributed by atoms with Crippen LogP contribution in [0.4, 0.5) is 0 Å². The number of aromatic amines is 2. The number of pyridine rings is 1. The number of rotatable bonds is 3. The van der Waals surface area contributed by atoms with Gasteiger partial charge in [0.15, 0.2) is 0 Å². The quantitative estimate of drug-likeness (QED) is 0.184. The van der Waals surface area contributed by atoms with Crippen LogP contribution in [-0.4, -0.2) is 31.9 Å². The Morgan fingerprint density at radius 2 is 1.86 bits per heavy atom. The molecule has 6 aromatic rings. The first kappa shape index (κ1) is 23.0. The van der Waals surface area contributed by atoms with E-state index in [1.807, 2.05) is 48.7 Å². The fraction of sp³-hybridized carbons (Fsp3) is 0.0714. The van der Waals surface area contributed by atoms with Gasteiger partial charge in [0.25, 0.3) is 0 Å². The number of nitrogens with one attached hydrogen (secondary N) is 2. The van der Waals surface area contributed by atoms with E-state index >= 15 is 0 Å². The van der Waals surface area contributed by atoms with Crippen LogP contribution >= 0.6 is 43.5 Å². The number of nitrogens with zero attached hydrogens (tertiary/aromatic N) is 2. The van der Waals surface area contributed by atoms with Gasteiger partial charge in [-0.1, -0.05) is 41.9 Å². The van der Waals surface area contributed by atoms with Crippen LogP contribution in [0.3, 0.4) is 0 Å². The number of hydrogen-bond acceptors (Lipinski definition) is 4. The van der Waals surface area contributed by atoms with Crippen molar-refractivity contribution in [2.45, 2.75) is 6.10 Å². The van der Waals surface area contributed by atoms with Gasteiger partial charge in [-0.2, -0.15) is 5.10 Å². The van der Waals surface area contributed by atoms with Crippen LogP contribution < -0.4 is 4.74 Å². The Morgan fingerprint density at radius 1 is 1.00 bits per heavy atom. The third kappa shape index (κ3) is 3.47. The van der Waals surface area contributed by atoms with Gasteiger partial charge in [-0.3, -0.25) is 5.10 Å². The van der Waals surface area contributed by atoms with E-state index in [9.17, 15) is 5.11 Å². The van der Waals surface area contributed by atoms with Gasteiger partial charge in [-0.15, -0.1) is 0 Å². The van der Waals surface area contributed by atoms with Gasteiger partial charge >= 0.3 is 0 Å². The number of fused-ring (bicyclic) bond motifs is 3. The lowest BCUT2D eigenvalue weighted by atomic mass is 9.92. The highest BCUT2D eigenvalue weighted by Crippen LogP contribution is 2.46. The normalized spacial score (nSPS) is 13.8. The molecule has 3 N–H and O–H groups in total. The van der Waals surface area contributed by atoms with Crippen LogP contribution in [0.2, 0.25) is 5.02 Å². The smallest absolute Gasteiger partial charge is 0.141 e. The Bertz CT molecular complexity index is 1910. The third-order valence-corrected chi connectivity index (χ3v) is 8.65. The number of halogens is 3. The van der Waals surface area contributed by atoms with Crippen molar-refractivity contribution in [1.82, 2.24) is 20.2 Å². The van der Waals surface area contributed by atoms with Crippen LogP contribution in [0.1, 0.15) is 22.8 Å². The summed E-state index contributed by atoms with van der Waals surface area (Å²) in [4.78, 5) is 7.67. The van der Waals surface area contributed by atoms with Gasteiger partial charge < -0.3 is 14.8 Å². The zero-order valence-corrected chi connectivity index (χ0v) is 22.9. The monoisotopic (exact) mass is 634 g/mol. The molecular weight excluding hydrogens is 620 g/mol. The highest BCUT2D eigenvalue weighted by molar-refractivity contribution is 9.10. The molecule has 4 heterocycles. The topological polar surface area (TPSA) is 86.8 Å². The number of ether oxygens (including phenoxy) is 1. The highest BCUT2D eigenvalue weighted by atomic mass is 79.9. The molecule has 0 bridgehead atoms. The molecule has 1 unspecified atom stereocenters. The van der Waals surface area contributed by atoms with Gasteiger partial charge in [0.2, 0.25) is 0 Å². The third-order valence-electron chi connectivity index (χ3n) is 6.84. The van der Waals surface area contributed by atoms with E-state index in [0.717, 1.165) is 65.1 Å². The minimum Gasteiger partial charge on any atom is -0.488 e. The molecule has 0 aliphatic carbocycles. The number of aliphatic hydroxyl groups excluding tert-OH is 1. The van der Waals surface area contributed by atoms with Crippen LogP contribution in [0, 0.1) is 0 Å². The molecule has 3 aromatic carbocycles. The van der Waals surface area contributed by atoms with Crippen molar-refractivity contribution in [2.24, 2.45) is 0 Å². The van der Waals surface area contributed by atoms with Gasteiger partial charge in [0, 0.05) is 45.1 Å². The van der Waals surface area contributed by atoms with Crippen molar-refractivity contribution in [1.29, 1.82) is 0 Å². The van der Waals surface area contributed by atoms with E-state index in [0.29, 0.717) is 21.7 Å². The first-order chi connectivity index (χ1) is 18.0. The summed E-state index contributed by atoms with van der Waals surface area (Å²) in [7, 11) is 0. The molecule has 3 aromatic heterocycles. The van der Waals surface area contributed by atoms with E-state index in [4.69, 9.17) is 16.3 Å². The fourth-order valence-corrected chi connectivity index (χ4v) is 6.36. The number of aromatic nitrogens is 4. The second-order valence-electron chi connectivity index (χ2n) is 8.87. The molecule has 0 saturated heterocycles. The molecule has 182 valence electrons. The van der Waals surface area contributed by atoms with Gasteiger partial charge in [-0.05, 0) is 66.8 Å². The van der Waals surface area contributed by atoms with Gasteiger partial charge in [0.05, 0.1) is 25.7 Å². The molecule has 1 atom stereocenters. The number of benzene rings is 1. The van der Waals surface area contributed by atoms with Crippen LogP contribution in [0.5, 0.6) is 5.75 Å². The Hall–Kier alpha value is -3.17. The maximum Gasteiger partial charge on any atom is 0.141 e. The number of aliphatic hydroxyl groups is 1. The Balaban J connectivity index is 1.52. The molecule has 0 saturated carbocycles. The average molecular weight is 637 g/mol. The predicted molar refractivity (Wildman–Crippen MR) is 154 cm³/mol. The summed E-state index contributed by atoms with van der Waals surface area (Å²) in [6, 6.07) is 11.8. The van der Waals surface area contributed by atoms with E-state index < -0.39 is 6.10 Å². The van der Waals surface area contributed by atoms with Crippen molar-refractivity contribution in [2.75, 3.05) is 6.61 Å². The van der Waals surface area contributed by atoms with Crippen molar-refractivity contribution in [3.05, 3.63) is 91.7 Å². The van der Waals surface area contributed by atoms with E-state index in [2.05, 4.69) is 58.1 Å². The summed E-state index contributed by atoms with van der Waals surface area (Å²) in [5.41, 5.74) is 5.69. The van der Waals surface area contributed by atoms with Crippen LogP contribution in [0.15, 0.2) is 70.0 Å². The minimum absolute atomic E-state index is 0.482. The Labute approximate surface area is 232 Å². The molecule has 0 fully saturated rings. The summed E-state index contributed by atoms with van der Waals surface area (Å²) in [5.74, 6) is 0.737. The number of hydrogen-bond donors (Lipinski definition) is 3. The van der Waals surface area contributed by atoms with Crippen molar-refractivity contribution in [3.63, 3.8) is 0 Å². The first-order valence-corrected chi connectivity index (χ1v) is 13.5. The van der Waals surface area contributed by atoms with Crippen molar-refractivity contribution in [3.8, 4) is 16.9 Å². The average Bonchev–Trinajstić information content (AvgIpc) is 3.50. The lowest BCUT2D eigenvalue weighted by Gasteiger charge is -2.18. The zero-order valence-electron chi connectivity index (χ0n) is 19.0. The largest absolute Gasteiger partial charge is 0.488 e. The molecule has 0 amide bonds. The van der Waals surface area contributed by atoms with E-state index in [1.165, 1.54) is 0 Å². The van der Waals surface area contributed by atoms with Crippen LogP contribution in [-0.2, 0) is 0 Å². The van der Waals surface area contributed by atoms with Crippen LogP contribution in [0.25, 0.3) is 49.9 Å². The second-order valence-corrected chi connectivity index (χ2v) is 11.0. The standard InChI is InChI=1S/C28H17Br2ClN4O2/c29-19-9-21-22-13(10-34-35-21)8-17(23(22)16-6-3-7-37-27(16)19)26(36)15-5-2-1-4-14(15)18-11-32-28-24(18)25(31)20(30)12-33-28/h1-6,8-12,26,35-36H,7H2,(H,32,33). The lowest BCUT2D eigenvalue weighted by molar-refractivity contribution is 0.222. The second kappa shape index (κ2) is 8.70. The molecule has 1 aliphatic rings. The van der Waals surface area contributed by atoms with Crippen molar-refractivity contribution >= 4 is 82.2 Å². The van der Waals surface area contributed by atoms with E-state index in [-0.39, 0.29) is 0 Å². The summed E-state index contributed by atoms with van der Waals surface area (Å²) in [6.07, 6.45) is 8.45. The van der Waals surface area contributed by atoms with Gasteiger partial charge in [0.1, 0.15) is 24.1 Å². The Morgan fingerprint density at radius 3 is 2.76 bits per heavy atom. The van der Waals surface area contributed by atoms with Crippen molar-refractivity contribution < 1.29 is 9.84 Å². The summed E-state index contributed by atoms with van der Waals surface area (Å²) in [5, 5.41) is 23.7. The fourth-order valence-electron chi connectivity index (χ4n) is 5.26. The SMILES string of the molecule is OC(c1ccccc1-c1c[nH]c2ncc(Br)c(Cl)c12)c1cc2cn[nH]c3cc(Br)c4c(c1c23)C=CCO4. The molecule has 37 heavy (non-hydrogen) atoms. The minimum atomic E-state index is -0.934. The first-order valence-electron chi connectivity index (χ1n) is 11.5. The molecule has 0 radical (unpaired) electrons. The maximum atomic E-state index is 12.0. The molecule has 0 spiro atoms. The molecular formula is C28H17Br2ClN4O2. The maximum absolute atomic E-state index is 12.0. The number of H-pyrrole nitrogens is 2. The molecule has 9 heteroatoms. The van der Waals surface area contributed by atoms with E-state index in [1.54, 1.807) is 12.4 Å². The molecule has 6 nitrogen and oxygen atoms in total. The highest BCUT2D eigenvalue weighted by Gasteiger charge is 2.26. The summed E-state index contributed by atoms with van der Waals surface area (Å²) < 4.78 is 7.56. The summed E-state index contributed by atoms with van der Waals surface area (Å²) in [6.45, 7) is 0.482. The summed E-state index contributed by atoms with van der Waals surface area (Å²) >= 11 is 13.9. The predicted octanol–water partition coefficient (Wildman–Crippen LogP) is 7.93. The zero-order chi connectivity index (χ0) is 25.3. The van der Waals surface area contributed by atoms with Gasteiger partial charge in [-0.25, -0.2) is 4.98 Å². The Kier molecular flexibility index (Phi) is 5.40.